The first kappa shape index (κ1) is 65.1. The number of nitrogens with zero attached hydrogens (tertiary/aromatic N) is 4. The van der Waals surface area contributed by atoms with Crippen LogP contribution in [-0.2, 0) is 5.41 Å². The predicted molar refractivity (Wildman–Crippen MR) is 461 cm³/mol. The van der Waals surface area contributed by atoms with E-state index in [1.165, 1.54) is 80.2 Å². The number of rotatable bonds is 13. The van der Waals surface area contributed by atoms with Crippen LogP contribution in [0.15, 0.2) is 402 Å². The molecule has 16 aromatic carbocycles. The van der Waals surface area contributed by atoms with Crippen LogP contribution in [0.3, 0.4) is 0 Å². The van der Waals surface area contributed by atoms with E-state index in [4.69, 9.17) is 0 Å². The van der Waals surface area contributed by atoms with Gasteiger partial charge in [-0.05, 0) is 169 Å². The van der Waals surface area contributed by atoms with E-state index >= 15 is 0 Å². The highest BCUT2D eigenvalue weighted by atomic mass is 32.2. The molecule has 0 atom stereocenters. The molecule has 20 rings (SSSR count). The summed E-state index contributed by atoms with van der Waals surface area (Å²) in [5.74, 6) is 0. The Kier molecular flexibility index (Phi) is 16.2. The first-order valence-electron chi connectivity index (χ1n) is 37.4. The quantitative estimate of drug-likeness (QED) is 0.106. The first-order chi connectivity index (χ1) is 53.2. The van der Waals surface area contributed by atoms with E-state index in [-0.39, 0.29) is 18.8 Å². The second-order valence-electron chi connectivity index (χ2n) is 29.5. The van der Waals surface area contributed by atoms with Gasteiger partial charge in [-0.15, -0.1) is 0 Å². The fourth-order valence-electron chi connectivity index (χ4n) is 17.1. The van der Waals surface area contributed by atoms with Crippen molar-refractivity contribution in [2.24, 2.45) is 0 Å². The van der Waals surface area contributed by atoms with Crippen molar-refractivity contribution in [1.82, 2.24) is 0 Å². The van der Waals surface area contributed by atoms with E-state index in [1.807, 2.05) is 23.5 Å². The molecule has 0 aromatic heterocycles. The molecule has 0 unspecified atom stereocenters. The van der Waals surface area contributed by atoms with E-state index in [1.54, 1.807) is 0 Å². The maximum Gasteiger partial charge on any atom is 0.252 e. The van der Waals surface area contributed by atoms with Gasteiger partial charge in [0.05, 0.1) is 22.7 Å². The molecule has 4 aliphatic heterocycles. The second-order valence-corrected chi connectivity index (χ2v) is 31.7. The lowest BCUT2D eigenvalue weighted by molar-refractivity contribution is 0.590. The van der Waals surface area contributed by atoms with Crippen LogP contribution >= 0.6 is 23.5 Å². The Balaban J connectivity index is 0.853. The van der Waals surface area contributed by atoms with E-state index in [9.17, 15) is 0 Å². The third-order valence-corrected chi connectivity index (χ3v) is 24.4. The van der Waals surface area contributed by atoms with E-state index < -0.39 is 0 Å². The van der Waals surface area contributed by atoms with Gasteiger partial charge in [0, 0.05) is 81.8 Å². The lowest BCUT2D eigenvalue weighted by Gasteiger charge is -2.46. The van der Waals surface area contributed by atoms with Crippen molar-refractivity contribution >= 4 is 138 Å². The van der Waals surface area contributed by atoms with Crippen LogP contribution in [0.2, 0.25) is 0 Å². The summed E-state index contributed by atoms with van der Waals surface area (Å²) < 4.78 is 0. The van der Waals surface area contributed by atoms with Crippen LogP contribution in [0.4, 0.5) is 68.2 Å². The number of benzene rings is 16. The topological polar surface area (TPSA) is 13.0 Å². The smallest absolute Gasteiger partial charge is 0.252 e. The van der Waals surface area contributed by atoms with E-state index in [2.05, 4.69) is 423 Å². The number of anilines is 12. The van der Waals surface area contributed by atoms with Gasteiger partial charge in [0.2, 0.25) is 6.71 Å². The molecule has 0 amide bonds. The fraction of sp³-hybridized carbons (Fsp3) is 0.0400. The van der Waals surface area contributed by atoms with Crippen LogP contribution in [0, 0.1) is 0 Å². The van der Waals surface area contributed by atoms with Crippen molar-refractivity contribution in [2.45, 2.75) is 45.8 Å². The summed E-state index contributed by atoms with van der Waals surface area (Å²) in [7, 11) is 0. The number of hydrogen-bond acceptors (Lipinski definition) is 6. The average molecular weight is 1420 g/mol. The van der Waals surface area contributed by atoms with Crippen LogP contribution in [0.5, 0.6) is 0 Å². The van der Waals surface area contributed by atoms with Gasteiger partial charge in [-0.25, -0.2) is 0 Å². The van der Waals surface area contributed by atoms with Gasteiger partial charge < -0.3 is 19.6 Å². The minimum Gasteiger partial charge on any atom is -0.311 e. The molecule has 0 bridgehead atoms. The monoisotopic (exact) mass is 1410 g/mol. The molecule has 0 saturated heterocycles. The molecule has 510 valence electrons. The Morgan fingerprint density at radius 1 is 0.250 bits per heavy atom. The molecule has 4 nitrogen and oxygen atoms in total. The average Bonchev–Trinajstić information content (AvgIpc) is 0.687. The van der Waals surface area contributed by atoms with Crippen molar-refractivity contribution < 1.29 is 0 Å². The molecule has 8 heteroatoms. The zero-order valence-electron chi connectivity index (χ0n) is 60.1. The lowest BCUT2D eigenvalue weighted by Crippen LogP contribution is -2.64. The first-order valence-corrected chi connectivity index (χ1v) is 39.0. The number of para-hydroxylation sites is 5. The van der Waals surface area contributed by atoms with Gasteiger partial charge in [0.25, 0.3) is 6.71 Å². The summed E-state index contributed by atoms with van der Waals surface area (Å²) in [5.41, 5.74) is 33.9. The third kappa shape index (κ3) is 11.3. The summed E-state index contributed by atoms with van der Waals surface area (Å²) in [6.07, 6.45) is 0. The highest BCUT2D eigenvalue weighted by Gasteiger charge is 2.47. The van der Waals surface area contributed by atoms with Crippen LogP contribution in [0.1, 0.15) is 26.3 Å². The summed E-state index contributed by atoms with van der Waals surface area (Å²) in [6, 6.07) is 143. The van der Waals surface area contributed by atoms with Gasteiger partial charge in [-0.1, -0.05) is 340 Å². The molecule has 0 spiro atoms. The summed E-state index contributed by atoms with van der Waals surface area (Å²) in [6.45, 7) is 6.67. The SMILES string of the molecule is CC(C)(C)c1ccc(-c2ccccc2N2c3cc4c(cc3B3c5ccccc5N(c5ccccc5)c5cc(N(c6ccc(-c7ccccc7)cc6)c6ccccc6-c6ccccc6)cc2c53)B2c3ccccc3Sc3cc(N(c5ccc(-c6ccccc6)cc5)c5ccccc5-c5ccccc5)cc(c32)S4)cc1. The van der Waals surface area contributed by atoms with Crippen LogP contribution in [-0.4, -0.2) is 13.4 Å². The van der Waals surface area contributed by atoms with Crippen LogP contribution < -0.4 is 52.4 Å². The maximum absolute atomic E-state index is 2.67. The van der Waals surface area contributed by atoms with Crippen LogP contribution in [0.25, 0.3) is 55.6 Å². The third-order valence-electron chi connectivity index (χ3n) is 22.1. The molecule has 16 aromatic rings. The largest absolute Gasteiger partial charge is 0.311 e. The zero-order chi connectivity index (χ0) is 72.0. The van der Waals surface area contributed by atoms with Crippen molar-refractivity contribution in [2.75, 3.05) is 19.6 Å². The normalized spacial score (nSPS) is 12.8. The lowest BCUT2D eigenvalue weighted by atomic mass is 9.31. The number of fused-ring (bicyclic) bond motifs is 8. The minimum atomic E-state index is -0.182. The summed E-state index contributed by atoms with van der Waals surface area (Å²) >= 11 is 3.84. The summed E-state index contributed by atoms with van der Waals surface area (Å²) in [5, 5.41) is 0. The fourth-order valence-corrected chi connectivity index (χ4v) is 19.6. The van der Waals surface area contributed by atoms with Gasteiger partial charge in [-0.2, -0.15) is 0 Å². The van der Waals surface area contributed by atoms with Gasteiger partial charge >= 0.3 is 0 Å². The second kappa shape index (κ2) is 26.9. The molecule has 0 saturated carbocycles. The van der Waals surface area contributed by atoms with Crippen molar-refractivity contribution in [3.05, 3.63) is 388 Å². The number of hydrogen-bond donors (Lipinski definition) is 0. The Morgan fingerprint density at radius 2 is 0.657 bits per heavy atom. The molecule has 0 N–H and O–H groups in total. The highest BCUT2D eigenvalue weighted by molar-refractivity contribution is 8.01. The van der Waals surface area contributed by atoms with Gasteiger partial charge in [0.15, 0.2) is 0 Å². The molecule has 0 fully saturated rings. The van der Waals surface area contributed by atoms with Gasteiger partial charge in [-0.3, -0.25) is 0 Å². The van der Waals surface area contributed by atoms with E-state index in [0.29, 0.717) is 0 Å². The Labute approximate surface area is 642 Å². The zero-order valence-corrected chi connectivity index (χ0v) is 61.8. The molecule has 0 aliphatic carbocycles. The molecule has 4 aliphatic rings. The Hall–Kier alpha value is -12.5. The Morgan fingerprint density at radius 3 is 1.21 bits per heavy atom. The van der Waals surface area contributed by atoms with Crippen molar-refractivity contribution in [1.29, 1.82) is 0 Å². The van der Waals surface area contributed by atoms with Crippen molar-refractivity contribution in [3.8, 4) is 55.6 Å². The van der Waals surface area contributed by atoms with Gasteiger partial charge in [0.1, 0.15) is 0 Å². The van der Waals surface area contributed by atoms with E-state index in [0.717, 1.165) is 102 Å². The molecule has 108 heavy (non-hydrogen) atoms. The molecular weight excluding hydrogens is 1340 g/mol. The standard InChI is InChI=1S/C100H72B2N4S2/c1-100(2,3)74-55-49-73(50-56-74)82-41-21-26-46-89(82)106-91-66-95-86(102-84-43-23-28-48-94(84)107-96-63-79(64-97(108-95)99(96)102)104(77-59-53-70(54-60-77)68-31-11-5-12-32-68)88-45-25-20-40-81(88)72-35-15-7-16-36-72)65-85(91)101-83-42-22-27-47-90(83)105(75-37-17-8-18-38-75)92-61-78(62-93(106)98(92)101)103(76-57-51-69(52-58-76)67-29-9-4-10-30-67)87-44-24-19-39-80(87)71-33-13-6-14-34-71/h4-66H,1-3H3. The molecule has 0 radical (unpaired) electrons. The maximum atomic E-state index is 2.67. The molecular formula is C100H72B2N4S2. The highest BCUT2D eigenvalue weighted by Crippen LogP contribution is 2.54. The van der Waals surface area contributed by atoms with Crippen molar-refractivity contribution in [3.63, 3.8) is 0 Å². The minimum absolute atomic E-state index is 0.0281. The Bertz CT molecular complexity index is 6110. The predicted octanol–water partition coefficient (Wildman–Crippen LogP) is 23.8. The molecule has 4 heterocycles. The summed E-state index contributed by atoms with van der Waals surface area (Å²) in [4.78, 5) is 15.3.